The lowest BCUT2D eigenvalue weighted by Crippen LogP contribution is -2.41. The zero-order valence-electron chi connectivity index (χ0n) is 13.3. The number of amides is 1. The second-order valence-corrected chi connectivity index (χ2v) is 7.36. The topological polar surface area (TPSA) is 47.6 Å². The van der Waals surface area contributed by atoms with Crippen molar-refractivity contribution in [1.29, 1.82) is 0 Å². The Morgan fingerprint density at radius 2 is 2.00 bits per heavy atom. The summed E-state index contributed by atoms with van der Waals surface area (Å²) < 4.78 is 11.4. The van der Waals surface area contributed by atoms with E-state index in [4.69, 9.17) is 32.7 Å². The molecule has 0 spiro atoms. The number of para-hydroxylation sites is 2. The predicted molar refractivity (Wildman–Crippen MR) is 102 cm³/mol. The van der Waals surface area contributed by atoms with Gasteiger partial charge in [0.15, 0.2) is 11.5 Å². The Kier molecular flexibility index (Phi) is 6.34. The lowest BCUT2D eigenvalue weighted by Gasteiger charge is -2.26. The number of benzene rings is 2. The normalized spacial score (nSPS) is 15.7. The minimum Gasteiger partial charge on any atom is -0.486 e. The molecule has 0 aliphatic carbocycles. The molecule has 0 radical (unpaired) electrons. The molecule has 132 valence electrons. The monoisotopic (exact) mass is 397 g/mol. The molecule has 2 aromatic rings. The summed E-state index contributed by atoms with van der Waals surface area (Å²) in [5.41, 5.74) is 0.962. The largest absolute Gasteiger partial charge is 0.486 e. The number of hydrogen-bond donors (Lipinski definition) is 1. The molecule has 1 aliphatic rings. The van der Waals surface area contributed by atoms with Crippen LogP contribution in [0.4, 0.5) is 0 Å². The number of hydrogen-bond acceptors (Lipinski definition) is 4. The summed E-state index contributed by atoms with van der Waals surface area (Å²) in [5, 5.41) is 4.10. The first-order valence-corrected chi connectivity index (χ1v) is 9.70. The van der Waals surface area contributed by atoms with Crippen molar-refractivity contribution in [2.45, 2.75) is 11.9 Å². The number of nitrogens with one attached hydrogen (secondary N) is 1. The smallest absolute Gasteiger partial charge is 0.230 e. The number of carbonyl (C=O) groups excluding carboxylic acids is 1. The van der Waals surface area contributed by atoms with Gasteiger partial charge in [-0.3, -0.25) is 4.79 Å². The first-order valence-electron chi connectivity index (χ1n) is 7.78. The molecule has 25 heavy (non-hydrogen) atoms. The van der Waals surface area contributed by atoms with Gasteiger partial charge in [-0.2, -0.15) is 0 Å². The van der Waals surface area contributed by atoms with E-state index >= 15 is 0 Å². The maximum atomic E-state index is 12.0. The van der Waals surface area contributed by atoms with Crippen molar-refractivity contribution in [3.05, 3.63) is 58.1 Å². The molecule has 2 aromatic carbocycles. The van der Waals surface area contributed by atoms with Gasteiger partial charge >= 0.3 is 0 Å². The third-order valence-electron chi connectivity index (χ3n) is 3.60. The van der Waals surface area contributed by atoms with E-state index < -0.39 is 0 Å². The van der Waals surface area contributed by atoms with Crippen LogP contribution in [0.1, 0.15) is 5.56 Å². The van der Waals surface area contributed by atoms with Crippen LogP contribution in [0.2, 0.25) is 10.0 Å². The number of fused-ring (bicyclic) bond motifs is 1. The molecule has 1 unspecified atom stereocenters. The molecule has 1 aliphatic heterocycles. The molecule has 4 nitrogen and oxygen atoms in total. The van der Waals surface area contributed by atoms with Crippen LogP contribution in [0.15, 0.2) is 42.5 Å². The zero-order valence-corrected chi connectivity index (χ0v) is 15.7. The van der Waals surface area contributed by atoms with Gasteiger partial charge in [0, 0.05) is 15.8 Å². The lowest BCUT2D eigenvalue weighted by molar-refractivity contribution is -0.119. The number of thioether (sulfide) groups is 1. The van der Waals surface area contributed by atoms with Gasteiger partial charge in [0.05, 0.1) is 12.3 Å². The van der Waals surface area contributed by atoms with Gasteiger partial charge in [-0.15, -0.1) is 11.8 Å². The van der Waals surface area contributed by atoms with Gasteiger partial charge in [0.1, 0.15) is 12.7 Å². The molecule has 7 heteroatoms. The molecule has 1 amide bonds. The lowest BCUT2D eigenvalue weighted by atomic mass is 10.2. The average molecular weight is 398 g/mol. The Morgan fingerprint density at radius 3 is 2.80 bits per heavy atom. The molecule has 1 heterocycles. The second-order valence-electron chi connectivity index (χ2n) is 5.53. The summed E-state index contributed by atoms with van der Waals surface area (Å²) in [6, 6.07) is 12.9. The Morgan fingerprint density at radius 1 is 1.20 bits per heavy atom. The molecule has 1 atom stereocenters. The summed E-state index contributed by atoms with van der Waals surface area (Å²) in [6.07, 6.45) is -0.186. The quantitative estimate of drug-likeness (QED) is 0.793. The van der Waals surface area contributed by atoms with Crippen LogP contribution >= 0.6 is 35.0 Å². The maximum absolute atomic E-state index is 12.0. The molecule has 0 aromatic heterocycles. The highest BCUT2D eigenvalue weighted by molar-refractivity contribution is 7.99. The Bertz CT molecular complexity index is 757. The van der Waals surface area contributed by atoms with E-state index in [2.05, 4.69) is 5.32 Å². The third-order valence-corrected chi connectivity index (χ3v) is 5.17. The second kappa shape index (κ2) is 8.70. The van der Waals surface area contributed by atoms with Gasteiger partial charge in [-0.25, -0.2) is 0 Å². The Balaban J connectivity index is 1.39. The van der Waals surface area contributed by atoms with Gasteiger partial charge in [-0.1, -0.05) is 41.4 Å². The number of carbonyl (C=O) groups is 1. The van der Waals surface area contributed by atoms with Crippen molar-refractivity contribution in [3.63, 3.8) is 0 Å². The van der Waals surface area contributed by atoms with Crippen LogP contribution < -0.4 is 14.8 Å². The standard InChI is InChI=1S/C18H17Cl2NO3S/c19-13-6-5-12(15(20)7-13)10-25-11-18(22)21-8-14-9-23-16-3-1-2-4-17(16)24-14/h1-7,14H,8-11H2,(H,21,22). The van der Waals surface area contributed by atoms with E-state index in [-0.39, 0.29) is 12.0 Å². The average Bonchev–Trinajstić information content (AvgIpc) is 2.61. The molecular weight excluding hydrogens is 381 g/mol. The number of ether oxygens (including phenoxy) is 2. The maximum Gasteiger partial charge on any atom is 0.230 e. The van der Waals surface area contributed by atoms with E-state index in [1.165, 1.54) is 11.8 Å². The SMILES string of the molecule is O=C(CSCc1ccc(Cl)cc1Cl)NCC1COc2ccccc2O1. The van der Waals surface area contributed by atoms with Crippen LogP contribution in [0.5, 0.6) is 11.5 Å². The molecular formula is C18H17Cl2NO3S. The van der Waals surface area contributed by atoms with E-state index in [0.29, 0.717) is 40.5 Å². The van der Waals surface area contributed by atoms with Crippen molar-refractivity contribution < 1.29 is 14.3 Å². The highest BCUT2D eigenvalue weighted by Gasteiger charge is 2.20. The minimum absolute atomic E-state index is 0.0439. The van der Waals surface area contributed by atoms with Crippen LogP contribution in [-0.4, -0.2) is 30.9 Å². The summed E-state index contributed by atoms with van der Waals surface area (Å²) in [6.45, 7) is 0.834. The summed E-state index contributed by atoms with van der Waals surface area (Å²) >= 11 is 13.5. The van der Waals surface area contributed by atoms with Gasteiger partial charge < -0.3 is 14.8 Å². The highest BCUT2D eigenvalue weighted by Crippen LogP contribution is 2.30. The van der Waals surface area contributed by atoms with Crippen molar-refractivity contribution in [1.82, 2.24) is 5.32 Å². The summed E-state index contributed by atoms with van der Waals surface area (Å²) in [5.74, 6) is 2.40. The van der Waals surface area contributed by atoms with E-state index in [1.807, 2.05) is 30.3 Å². The van der Waals surface area contributed by atoms with Gasteiger partial charge in [-0.05, 0) is 29.8 Å². The van der Waals surface area contributed by atoms with Gasteiger partial charge in [0.2, 0.25) is 5.91 Å². The van der Waals surface area contributed by atoms with E-state index in [0.717, 1.165) is 11.3 Å². The van der Waals surface area contributed by atoms with E-state index in [1.54, 1.807) is 12.1 Å². The molecule has 3 rings (SSSR count). The first-order chi connectivity index (χ1) is 12.1. The summed E-state index contributed by atoms with van der Waals surface area (Å²) in [7, 11) is 0. The fourth-order valence-electron chi connectivity index (χ4n) is 2.33. The fraction of sp³-hybridized carbons (Fsp3) is 0.278. The van der Waals surface area contributed by atoms with Crippen molar-refractivity contribution in [3.8, 4) is 11.5 Å². The minimum atomic E-state index is -0.186. The Labute approximate surface area is 160 Å². The fourth-order valence-corrected chi connectivity index (χ4v) is 3.75. The van der Waals surface area contributed by atoms with Crippen LogP contribution in [0.25, 0.3) is 0 Å². The Hall–Kier alpha value is -1.56. The van der Waals surface area contributed by atoms with Crippen molar-refractivity contribution in [2.75, 3.05) is 18.9 Å². The van der Waals surface area contributed by atoms with Crippen molar-refractivity contribution >= 4 is 40.9 Å². The molecule has 0 saturated heterocycles. The number of rotatable bonds is 6. The molecule has 0 saturated carbocycles. The van der Waals surface area contributed by atoms with E-state index in [9.17, 15) is 4.79 Å². The number of halogens is 2. The summed E-state index contributed by atoms with van der Waals surface area (Å²) in [4.78, 5) is 12.0. The van der Waals surface area contributed by atoms with Crippen LogP contribution in [-0.2, 0) is 10.5 Å². The van der Waals surface area contributed by atoms with Crippen molar-refractivity contribution in [2.24, 2.45) is 0 Å². The molecule has 0 bridgehead atoms. The molecule has 0 fully saturated rings. The molecule has 1 N–H and O–H groups in total. The van der Waals surface area contributed by atoms with Crippen LogP contribution in [0.3, 0.4) is 0 Å². The van der Waals surface area contributed by atoms with Gasteiger partial charge in [0.25, 0.3) is 0 Å². The zero-order chi connectivity index (χ0) is 17.6. The predicted octanol–water partition coefficient (Wildman–Crippen LogP) is 4.18. The third kappa shape index (κ3) is 5.21. The highest BCUT2D eigenvalue weighted by atomic mass is 35.5. The van der Waals surface area contributed by atoms with Crippen LogP contribution in [0, 0.1) is 0 Å². The first kappa shape index (κ1) is 18.2.